The first-order valence-electron chi connectivity index (χ1n) is 4.69. The molecule has 0 saturated heterocycles. The van der Waals surface area contributed by atoms with Crippen LogP contribution in [-0.4, -0.2) is 0 Å². The summed E-state index contributed by atoms with van der Waals surface area (Å²) in [6, 6.07) is 17.0. The average molecular weight is 272 g/mol. The van der Waals surface area contributed by atoms with Gasteiger partial charge in [0, 0.05) is 6.42 Å². The zero-order chi connectivity index (χ0) is 10.7. The van der Waals surface area contributed by atoms with Gasteiger partial charge in [-0.25, -0.2) is 0 Å². The summed E-state index contributed by atoms with van der Waals surface area (Å²) in [6.45, 7) is 0. The molecule has 1 aliphatic carbocycles. The zero-order valence-electron chi connectivity index (χ0n) is 8.10. The molecule has 71 valence electrons. The fourth-order valence-corrected chi connectivity index (χ4v) is 1.90. The number of rotatable bonds is 0. The fourth-order valence-electron chi connectivity index (χ4n) is 1.90. The van der Waals surface area contributed by atoms with Crippen LogP contribution >= 0.6 is 0 Å². The van der Waals surface area contributed by atoms with E-state index in [0.29, 0.717) is 24.7 Å². The van der Waals surface area contributed by atoms with Gasteiger partial charge in [-0.05, 0) is 22.3 Å². The van der Waals surface area contributed by atoms with Crippen molar-refractivity contribution in [3.63, 3.8) is 0 Å². The van der Waals surface area contributed by atoms with Gasteiger partial charge in [0.25, 0.3) is 0 Å². The minimum atomic E-state index is 0.300. The Hall–Kier alpha value is -0.877. The summed E-state index contributed by atoms with van der Waals surface area (Å²) in [6.07, 6.45) is 2.24. The molecule has 0 saturated carbocycles. The van der Waals surface area contributed by atoms with Crippen LogP contribution in [0.25, 0.3) is 11.1 Å². The Balaban J connectivity index is 0.000000404. The Morgan fingerprint density at radius 1 is 0.667 bits per heavy atom. The predicted molar refractivity (Wildman–Crippen MR) is 55.1 cm³/mol. The Morgan fingerprint density at radius 2 is 1.07 bits per heavy atom. The molecule has 1 aliphatic rings. The summed E-state index contributed by atoms with van der Waals surface area (Å²) in [4.78, 5) is 0. The molecule has 2 heteroatoms. The third-order valence-corrected chi connectivity index (χ3v) is 2.52. The van der Waals surface area contributed by atoms with E-state index in [0.717, 1.165) is 0 Å². The molecule has 2 aromatic carbocycles. The summed E-state index contributed by atoms with van der Waals surface area (Å²) in [5.74, 6) is 0. The van der Waals surface area contributed by atoms with Gasteiger partial charge in [-0.1, -0.05) is 48.5 Å². The summed E-state index contributed by atoms with van der Waals surface area (Å²) in [7, 11) is 0. The first kappa shape index (κ1) is 10.6. The number of fused-ring (bicyclic) bond motifs is 3. The first-order valence-corrected chi connectivity index (χ1v) is 5.69. The summed E-state index contributed by atoms with van der Waals surface area (Å²) in [5.41, 5.74) is 5.39. The van der Waals surface area contributed by atoms with Crippen molar-refractivity contribution in [2.45, 2.75) is 0 Å². The predicted octanol–water partition coefficient (Wildman–Crippen LogP) is 3.15. The van der Waals surface area contributed by atoms with Crippen molar-refractivity contribution in [2.24, 2.45) is 0 Å². The molecule has 1 nitrogen and oxygen atoms in total. The molecule has 1 radical (unpaired) electrons. The van der Waals surface area contributed by atoms with Gasteiger partial charge < -0.3 is 0 Å². The molecule has 0 unspecified atom stereocenters. The van der Waals surface area contributed by atoms with Crippen molar-refractivity contribution < 1.29 is 27.5 Å². The van der Waals surface area contributed by atoms with E-state index in [-0.39, 0.29) is 0 Å². The van der Waals surface area contributed by atoms with Crippen molar-refractivity contribution in [3.05, 3.63) is 66.1 Å². The van der Waals surface area contributed by atoms with Crippen molar-refractivity contribution in [1.29, 1.82) is 0 Å². The van der Waals surface area contributed by atoms with Crippen molar-refractivity contribution >= 4 is 0 Å². The summed E-state index contributed by atoms with van der Waals surface area (Å²) in [5, 5.41) is 0. The Labute approximate surface area is 104 Å². The SMILES string of the molecule is [CH]1c2ccccc2-c2ccccc21.[O]=[Zr]. The molecular formula is C13H9OZr. The molecule has 0 atom stereocenters. The van der Waals surface area contributed by atoms with E-state index >= 15 is 0 Å². The maximum atomic E-state index is 8.34. The fraction of sp³-hybridized carbons (Fsp3) is 0. The van der Waals surface area contributed by atoms with E-state index in [1.54, 1.807) is 0 Å². The van der Waals surface area contributed by atoms with Crippen LogP contribution in [0.2, 0.25) is 0 Å². The first-order chi connectivity index (χ1) is 7.45. The molecule has 0 fully saturated rings. The molecule has 0 bridgehead atoms. The molecule has 15 heavy (non-hydrogen) atoms. The van der Waals surface area contributed by atoms with E-state index < -0.39 is 0 Å². The molecular weight excluding hydrogens is 263 g/mol. The molecule has 0 amide bonds. The van der Waals surface area contributed by atoms with Crippen LogP contribution in [0, 0.1) is 6.42 Å². The van der Waals surface area contributed by atoms with Crippen molar-refractivity contribution in [1.82, 2.24) is 0 Å². The van der Waals surface area contributed by atoms with Gasteiger partial charge >= 0.3 is 27.5 Å². The quantitative estimate of drug-likeness (QED) is 0.614. The second kappa shape index (κ2) is 4.76. The maximum absolute atomic E-state index is 8.34. The number of benzene rings is 2. The van der Waals surface area contributed by atoms with Gasteiger partial charge in [-0.15, -0.1) is 0 Å². The van der Waals surface area contributed by atoms with Gasteiger partial charge in [-0.2, -0.15) is 0 Å². The van der Waals surface area contributed by atoms with Gasteiger partial charge in [-0.3, -0.25) is 0 Å². The monoisotopic (exact) mass is 271 g/mol. The Kier molecular flexibility index (Phi) is 3.38. The molecule has 3 rings (SSSR count). The molecule has 0 N–H and O–H groups in total. The second-order valence-corrected chi connectivity index (χ2v) is 3.32. The van der Waals surface area contributed by atoms with E-state index in [1.807, 2.05) is 0 Å². The van der Waals surface area contributed by atoms with Gasteiger partial charge in [0.05, 0.1) is 0 Å². The minimum absolute atomic E-state index is 0.300. The van der Waals surface area contributed by atoms with E-state index in [2.05, 4.69) is 55.0 Å². The van der Waals surface area contributed by atoms with Crippen LogP contribution in [0.3, 0.4) is 0 Å². The zero-order valence-corrected chi connectivity index (χ0v) is 10.6. The van der Waals surface area contributed by atoms with Gasteiger partial charge in [0.1, 0.15) is 0 Å². The third kappa shape index (κ3) is 1.91. The Morgan fingerprint density at radius 3 is 1.53 bits per heavy atom. The number of hydrogen-bond acceptors (Lipinski definition) is 1. The van der Waals surface area contributed by atoms with Crippen molar-refractivity contribution in [2.75, 3.05) is 0 Å². The van der Waals surface area contributed by atoms with Crippen LogP contribution in [-0.2, 0) is 27.5 Å². The summed E-state index contributed by atoms with van der Waals surface area (Å²) >= 11 is 0.300. The number of hydrogen-bond donors (Lipinski definition) is 0. The second-order valence-electron chi connectivity index (χ2n) is 3.32. The van der Waals surface area contributed by atoms with Gasteiger partial charge in [0.15, 0.2) is 0 Å². The van der Waals surface area contributed by atoms with Crippen LogP contribution in [0.5, 0.6) is 0 Å². The molecule has 0 heterocycles. The van der Waals surface area contributed by atoms with Crippen LogP contribution < -0.4 is 0 Å². The van der Waals surface area contributed by atoms with Crippen LogP contribution in [0.4, 0.5) is 0 Å². The third-order valence-electron chi connectivity index (χ3n) is 2.52. The summed E-state index contributed by atoms with van der Waals surface area (Å²) < 4.78 is 8.34. The molecule has 0 aliphatic heterocycles. The standard InChI is InChI=1S/C13H9.O.Zr/c1-3-7-12-10(5-1)9-11-6-2-4-8-13(11)12;;/h1-9H;;. The van der Waals surface area contributed by atoms with E-state index in [1.165, 1.54) is 22.3 Å². The van der Waals surface area contributed by atoms with Crippen LogP contribution in [0.1, 0.15) is 11.1 Å². The Bertz CT molecular complexity index is 436. The normalized spacial score (nSPS) is 10.9. The van der Waals surface area contributed by atoms with Crippen LogP contribution in [0.15, 0.2) is 48.5 Å². The van der Waals surface area contributed by atoms with E-state index in [4.69, 9.17) is 2.81 Å². The molecule has 0 aromatic heterocycles. The van der Waals surface area contributed by atoms with Crippen molar-refractivity contribution in [3.8, 4) is 11.1 Å². The van der Waals surface area contributed by atoms with Gasteiger partial charge in [0.2, 0.25) is 0 Å². The van der Waals surface area contributed by atoms with E-state index in [9.17, 15) is 0 Å². The average Bonchev–Trinajstić information content (AvgIpc) is 2.70. The molecule has 0 spiro atoms. The topological polar surface area (TPSA) is 17.1 Å². The molecule has 2 aromatic rings.